The van der Waals surface area contributed by atoms with Crippen molar-refractivity contribution in [3.05, 3.63) is 45.1 Å². The number of ether oxygens (including phenoxy) is 1. The molecule has 1 unspecified atom stereocenters. The average Bonchev–Trinajstić information content (AvgIpc) is 2.91. The van der Waals surface area contributed by atoms with E-state index < -0.39 is 0 Å². The predicted molar refractivity (Wildman–Crippen MR) is 77.3 cm³/mol. The molecule has 1 atom stereocenters. The van der Waals surface area contributed by atoms with Crippen molar-refractivity contribution in [3.8, 4) is 5.75 Å². The molecule has 0 aliphatic carbocycles. The molecule has 1 aliphatic heterocycles. The third-order valence-electron chi connectivity index (χ3n) is 3.33. The number of methoxy groups -OCH3 is 1. The maximum absolute atomic E-state index is 6.13. The van der Waals surface area contributed by atoms with Crippen LogP contribution in [-0.2, 0) is 6.42 Å². The molecule has 1 N–H and O–H groups in total. The van der Waals surface area contributed by atoms with Crippen LogP contribution in [0.2, 0.25) is 5.02 Å². The molecule has 1 aromatic heterocycles. The van der Waals surface area contributed by atoms with E-state index in [1.54, 1.807) is 7.11 Å². The number of anilines is 1. The molecule has 0 fully saturated rings. The number of benzene rings is 1. The summed E-state index contributed by atoms with van der Waals surface area (Å²) in [7, 11) is 1.65. The van der Waals surface area contributed by atoms with Crippen LogP contribution in [0.3, 0.4) is 0 Å². The summed E-state index contributed by atoms with van der Waals surface area (Å²) in [5, 5.41) is 6.26. The fourth-order valence-corrected chi connectivity index (χ4v) is 3.45. The molecular weight excluding hydrogens is 266 g/mol. The lowest BCUT2D eigenvalue weighted by Crippen LogP contribution is -2.20. The Kier molecular flexibility index (Phi) is 3.18. The summed E-state index contributed by atoms with van der Waals surface area (Å²) < 4.78 is 5.28. The highest BCUT2D eigenvalue weighted by Crippen LogP contribution is 2.37. The van der Waals surface area contributed by atoms with Crippen LogP contribution in [0.5, 0.6) is 5.75 Å². The molecule has 2 nitrogen and oxygen atoms in total. The second-order valence-corrected chi connectivity index (χ2v) is 5.83. The Bertz CT molecular complexity index is 553. The van der Waals surface area contributed by atoms with Gasteiger partial charge in [0.05, 0.1) is 12.1 Å². The average molecular weight is 280 g/mol. The molecule has 0 radical (unpaired) electrons. The topological polar surface area (TPSA) is 21.3 Å². The van der Waals surface area contributed by atoms with Crippen molar-refractivity contribution < 1.29 is 4.74 Å². The molecule has 94 valence electrons. The molecule has 0 spiro atoms. The zero-order chi connectivity index (χ0) is 12.5. The lowest BCUT2D eigenvalue weighted by molar-refractivity contribution is 0.414. The van der Waals surface area contributed by atoms with Crippen molar-refractivity contribution in [1.29, 1.82) is 0 Å². The number of rotatable bonds is 2. The van der Waals surface area contributed by atoms with E-state index in [0.717, 1.165) is 24.4 Å². The fourth-order valence-electron chi connectivity index (χ4n) is 2.38. The Balaban J connectivity index is 1.92. The minimum Gasteiger partial charge on any atom is -0.495 e. The first-order valence-electron chi connectivity index (χ1n) is 5.91. The Morgan fingerprint density at radius 2 is 2.33 bits per heavy atom. The maximum atomic E-state index is 6.13. The van der Waals surface area contributed by atoms with Gasteiger partial charge in [-0.15, -0.1) is 11.3 Å². The number of halogens is 1. The van der Waals surface area contributed by atoms with Gasteiger partial charge in [0.25, 0.3) is 0 Å². The Hall–Kier alpha value is -1.19. The first-order chi connectivity index (χ1) is 8.78. The van der Waals surface area contributed by atoms with Crippen LogP contribution < -0.4 is 10.1 Å². The number of nitrogens with one attached hydrogen (secondary N) is 1. The van der Waals surface area contributed by atoms with Gasteiger partial charge in [0, 0.05) is 23.0 Å². The van der Waals surface area contributed by atoms with Gasteiger partial charge in [-0.3, -0.25) is 0 Å². The molecule has 3 rings (SSSR count). The highest BCUT2D eigenvalue weighted by molar-refractivity contribution is 7.10. The molecule has 2 aromatic rings. The van der Waals surface area contributed by atoms with E-state index in [1.165, 1.54) is 10.4 Å². The van der Waals surface area contributed by atoms with Gasteiger partial charge >= 0.3 is 0 Å². The molecule has 1 aromatic carbocycles. The first kappa shape index (κ1) is 11.9. The molecule has 1 aliphatic rings. The maximum Gasteiger partial charge on any atom is 0.137 e. The third-order valence-corrected chi connectivity index (χ3v) is 4.66. The summed E-state index contributed by atoms with van der Waals surface area (Å²) in [4.78, 5) is 1.43. The van der Waals surface area contributed by atoms with Gasteiger partial charge in [-0.2, -0.15) is 0 Å². The molecule has 0 bridgehead atoms. The van der Waals surface area contributed by atoms with Crippen LogP contribution in [0.1, 0.15) is 16.4 Å². The van der Waals surface area contributed by atoms with E-state index in [9.17, 15) is 0 Å². The van der Waals surface area contributed by atoms with Crippen molar-refractivity contribution in [1.82, 2.24) is 0 Å². The number of hydrogen-bond donors (Lipinski definition) is 1. The second-order valence-electron chi connectivity index (χ2n) is 4.44. The van der Waals surface area contributed by atoms with Crippen molar-refractivity contribution in [2.75, 3.05) is 19.0 Å². The lowest BCUT2D eigenvalue weighted by atomic mass is 9.92. The SMILES string of the molecule is COc1cc2c(cc1Cl)NCC(c1cccs1)C2. The van der Waals surface area contributed by atoms with Crippen LogP contribution in [0.4, 0.5) is 5.69 Å². The smallest absolute Gasteiger partial charge is 0.137 e. The van der Waals surface area contributed by atoms with Crippen LogP contribution in [-0.4, -0.2) is 13.7 Å². The van der Waals surface area contributed by atoms with Crippen LogP contribution >= 0.6 is 22.9 Å². The number of thiophene rings is 1. The normalized spacial score (nSPS) is 18.0. The van der Waals surface area contributed by atoms with Gasteiger partial charge < -0.3 is 10.1 Å². The van der Waals surface area contributed by atoms with Gasteiger partial charge in [0.15, 0.2) is 0 Å². The molecule has 2 heterocycles. The Morgan fingerprint density at radius 3 is 3.06 bits per heavy atom. The summed E-state index contributed by atoms with van der Waals surface area (Å²) in [6, 6.07) is 8.32. The Labute approximate surface area is 116 Å². The first-order valence-corrected chi connectivity index (χ1v) is 7.17. The van der Waals surface area contributed by atoms with Gasteiger partial charge in [-0.05, 0) is 35.6 Å². The van der Waals surface area contributed by atoms with E-state index in [1.807, 2.05) is 23.5 Å². The van der Waals surface area contributed by atoms with Crippen molar-refractivity contribution in [2.45, 2.75) is 12.3 Å². The number of hydrogen-bond acceptors (Lipinski definition) is 3. The summed E-state index contributed by atoms with van der Waals surface area (Å²) in [6.45, 7) is 0.968. The van der Waals surface area contributed by atoms with E-state index in [-0.39, 0.29) is 0 Å². The van der Waals surface area contributed by atoms with Crippen molar-refractivity contribution in [2.24, 2.45) is 0 Å². The standard InChI is InChI=1S/C14H14ClNOS/c1-17-13-6-9-5-10(14-3-2-4-18-14)8-16-12(9)7-11(13)15/h2-4,6-7,10,16H,5,8H2,1H3. The van der Waals surface area contributed by atoms with Gasteiger partial charge in [-0.1, -0.05) is 17.7 Å². The molecule has 18 heavy (non-hydrogen) atoms. The summed E-state index contributed by atoms with van der Waals surface area (Å²) in [6.07, 6.45) is 1.04. The zero-order valence-corrected chi connectivity index (χ0v) is 11.6. The largest absolute Gasteiger partial charge is 0.495 e. The molecule has 4 heteroatoms. The number of fused-ring (bicyclic) bond motifs is 1. The highest BCUT2D eigenvalue weighted by Gasteiger charge is 2.21. The quantitative estimate of drug-likeness (QED) is 0.891. The fraction of sp³-hybridized carbons (Fsp3) is 0.286. The van der Waals surface area contributed by atoms with E-state index >= 15 is 0 Å². The molecule has 0 amide bonds. The van der Waals surface area contributed by atoms with Crippen molar-refractivity contribution >= 4 is 28.6 Å². The summed E-state index contributed by atoms with van der Waals surface area (Å²) in [5.74, 6) is 1.30. The van der Waals surface area contributed by atoms with E-state index in [4.69, 9.17) is 16.3 Å². The minimum absolute atomic E-state index is 0.545. The van der Waals surface area contributed by atoms with Crippen LogP contribution in [0.15, 0.2) is 29.6 Å². The van der Waals surface area contributed by atoms with Crippen molar-refractivity contribution in [3.63, 3.8) is 0 Å². The van der Waals surface area contributed by atoms with E-state index in [2.05, 4.69) is 22.8 Å². The van der Waals surface area contributed by atoms with Crippen LogP contribution in [0.25, 0.3) is 0 Å². The van der Waals surface area contributed by atoms with Gasteiger partial charge in [0.2, 0.25) is 0 Å². The third kappa shape index (κ3) is 2.08. The van der Waals surface area contributed by atoms with Gasteiger partial charge in [0.1, 0.15) is 5.75 Å². The second kappa shape index (κ2) is 4.82. The highest BCUT2D eigenvalue weighted by atomic mass is 35.5. The van der Waals surface area contributed by atoms with Gasteiger partial charge in [-0.25, -0.2) is 0 Å². The van der Waals surface area contributed by atoms with Crippen LogP contribution in [0, 0.1) is 0 Å². The summed E-state index contributed by atoms with van der Waals surface area (Å²) >= 11 is 7.95. The minimum atomic E-state index is 0.545. The Morgan fingerprint density at radius 1 is 1.44 bits per heavy atom. The zero-order valence-electron chi connectivity index (χ0n) is 10.1. The van der Waals surface area contributed by atoms with E-state index in [0.29, 0.717) is 10.9 Å². The molecule has 0 saturated carbocycles. The predicted octanol–water partition coefficient (Wildman–Crippen LogP) is 4.16. The molecular formula is C14H14ClNOS. The summed E-state index contributed by atoms with van der Waals surface area (Å²) in [5.41, 5.74) is 2.41. The molecule has 0 saturated heterocycles. The lowest BCUT2D eigenvalue weighted by Gasteiger charge is -2.26. The monoisotopic (exact) mass is 279 g/mol.